The number of nitrogens with one attached hydrogen (secondary N) is 1. The Balaban J connectivity index is 1.73. The molecular weight excluding hydrogens is 310 g/mol. The Hall–Kier alpha value is -1.07. The molecule has 0 radical (unpaired) electrons. The van der Waals surface area contributed by atoms with Crippen molar-refractivity contribution < 1.29 is 19.2 Å². The van der Waals surface area contributed by atoms with Gasteiger partial charge in [-0.3, -0.25) is 0 Å². The van der Waals surface area contributed by atoms with Gasteiger partial charge in [-0.15, -0.1) is 0 Å². The Morgan fingerprint density at radius 1 is 1.42 bits per heavy atom. The Bertz CT molecular complexity index is 421. The van der Waals surface area contributed by atoms with Crippen LogP contribution in [-0.4, -0.2) is 38.8 Å². The molecule has 1 saturated heterocycles. The van der Waals surface area contributed by atoms with Gasteiger partial charge in [0.1, 0.15) is 12.3 Å². The van der Waals surface area contributed by atoms with Gasteiger partial charge in [0.25, 0.3) is 0 Å². The van der Waals surface area contributed by atoms with E-state index in [-0.39, 0.29) is 18.7 Å². The first kappa shape index (κ1) is 14.3. The lowest BCUT2D eigenvalue weighted by Crippen LogP contribution is -3.11. The van der Waals surface area contributed by atoms with E-state index in [4.69, 9.17) is 9.47 Å². The maximum atomic E-state index is 11.7. The van der Waals surface area contributed by atoms with Crippen LogP contribution < -0.4 is 9.64 Å². The van der Waals surface area contributed by atoms with Crippen LogP contribution in [0.25, 0.3) is 0 Å². The molecule has 0 spiro atoms. The highest BCUT2D eigenvalue weighted by Crippen LogP contribution is 2.16. The number of hydrogen-bond acceptors (Lipinski definition) is 3. The average Bonchev–Trinajstić information content (AvgIpc) is 2.38. The first-order chi connectivity index (χ1) is 9.13. The fraction of sp³-hybridized carbons (Fsp3) is 0.500. The minimum atomic E-state index is -0.289. The third-order valence-corrected chi connectivity index (χ3v) is 3.70. The van der Waals surface area contributed by atoms with Gasteiger partial charge in [0.05, 0.1) is 13.6 Å². The molecule has 1 aliphatic heterocycles. The molecule has 1 aromatic rings. The first-order valence-electron chi connectivity index (χ1n) is 6.52. The molecular formula is C14H19BrNO3+. The molecule has 0 saturated carbocycles. The van der Waals surface area contributed by atoms with Crippen LogP contribution in [0.3, 0.4) is 0 Å². The number of esters is 1. The largest absolute Gasteiger partial charge is 0.482 e. The number of halogens is 1. The number of carbonyl (C=O) groups excluding carboxylic acids is 1. The molecule has 0 bridgehead atoms. The van der Waals surface area contributed by atoms with Crippen LogP contribution in [0.1, 0.15) is 12.8 Å². The van der Waals surface area contributed by atoms with Crippen LogP contribution in [0.5, 0.6) is 5.75 Å². The molecule has 0 amide bonds. The number of benzene rings is 1. The summed E-state index contributed by atoms with van der Waals surface area (Å²) in [5, 5.41) is 0. The lowest BCUT2D eigenvalue weighted by Gasteiger charge is -2.26. The summed E-state index contributed by atoms with van der Waals surface area (Å²) in [7, 11) is 2.12. The van der Waals surface area contributed by atoms with E-state index in [1.165, 1.54) is 4.90 Å². The van der Waals surface area contributed by atoms with Crippen LogP contribution in [-0.2, 0) is 9.53 Å². The Morgan fingerprint density at radius 2 is 2.16 bits per heavy atom. The second-order valence-corrected chi connectivity index (χ2v) is 5.82. The fourth-order valence-electron chi connectivity index (χ4n) is 2.22. The van der Waals surface area contributed by atoms with Crippen LogP contribution in [0.4, 0.5) is 0 Å². The first-order valence-corrected chi connectivity index (χ1v) is 7.32. The quantitative estimate of drug-likeness (QED) is 0.840. The Kier molecular flexibility index (Phi) is 5.22. The fourth-order valence-corrected chi connectivity index (χ4v) is 2.48. The van der Waals surface area contributed by atoms with Crippen molar-refractivity contribution in [1.82, 2.24) is 0 Å². The van der Waals surface area contributed by atoms with E-state index >= 15 is 0 Å². The van der Waals surface area contributed by atoms with E-state index in [9.17, 15) is 4.79 Å². The second kappa shape index (κ2) is 6.91. The molecule has 5 heteroatoms. The predicted molar refractivity (Wildman–Crippen MR) is 75.4 cm³/mol. The normalized spacial score (nSPS) is 22.8. The summed E-state index contributed by atoms with van der Waals surface area (Å²) < 4.78 is 11.8. The summed E-state index contributed by atoms with van der Waals surface area (Å²) in [6, 6.07) is 7.38. The third-order valence-electron chi connectivity index (χ3n) is 3.17. The lowest BCUT2D eigenvalue weighted by atomic mass is 10.1. The average molecular weight is 329 g/mol. The molecule has 4 nitrogen and oxygen atoms in total. The van der Waals surface area contributed by atoms with E-state index in [1.807, 2.05) is 24.3 Å². The number of likely N-dealkylation sites (tertiary alicyclic amines) is 1. The summed E-state index contributed by atoms with van der Waals surface area (Å²) in [6.45, 7) is 2.02. The Labute approximate surface area is 121 Å². The van der Waals surface area contributed by atoms with Crippen LogP contribution in [0, 0.1) is 0 Å². The second-order valence-electron chi connectivity index (χ2n) is 4.91. The van der Waals surface area contributed by atoms with Crippen molar-refractivity contribution in [1.29, 1.82) is 0 Å². The summed E-state index contributed by atoms with van der Waals surface area (Å²) in [4.78, 5) is 13.1. The highest BCUT2D eigenvalue weighted by Gasteiger charge is 2.23. The zero-order chi connectivity index (χ0) is 13.7. The number of quaternary nitrogens is 1. The van der Waals surface area contributed by atoms with Crippen molar-refractivity contribution in [2.24, 2.45) is 0 Å². The van der Waals surface area contributed by atoms with E-state index < -0.39 is 0 Å². The summed E-state index contributed by atoms with van der Waals surface area (Å²) >= 11 is 3.35. The van der Waals surface area contributed by atoms with Gasteiger partial charge >= 0.3 is 5.97 Å². The van der Waals surface area contributed by atoms with Gasteiger partial charge in [-0.25, -0.2) is 4.79 Å². The van der Waals surface area contributed by atoms with E-state index in [0.717, 1.165) is 30.4 Å². The standard InChI is InChI=1S/C14H18BrNO3/c1-16-8-2-3-13(9-16)19-14(17)10-18-12-6-4-11(15)5-7-12/h4-7,13H,2-3,8-10H2,1H3/p+1/t13-/m0/s1. The number of carbonyl (C=O) groups is 1. The van der Waals surface area contributed by atoms with Crippen molar-refractivity contribution >= 4 is 21.9 Å². The van der Waals surface area contributed by atoms with Gasteiger partial charge in [-0.2, -0.15) is 0 Å². The molecule has 0 aromatic heterocycles. The minimum Gasteiger partial charge on any atom is -0.482 e. The van der Waals surface area contributed by atoms with E-state index in [0.29, 0.717) is 5.75 Å². The highest BCUT2D eigenvalue weighted by atomic mass is 79.9. The molecule has 1 aromatic carbocycles. The number of piperidine rings is 1. The SMILES string of the molecule is C[NH+]1CCC[C@H](OC(=O)COc2ccc(Br)cc2)C1. The lowest BCUT2D eigenvalue weighted by molar-refractivity contribution is -0.888. The third kappa shape index (κ3) is 4.84. The molecule has 19 heavy (non-hydrogen) atoms. The van der Waals surface area contributed by atoms with Crippen LogP contribution in [0.2, 0.25) is 0 Å². The zero-order valence-corrected chi connectivity index (χ0v) is 12.6. The van der Waals surface area contributed by atoms with Crippen molar-refractivity contribution in [2.75, 3.05) is 26.7 Å². The van der Waals surface area contributed by atoms with Gasteiger partial charge in [0.15, 0.2) is 12.7 Å². The predicted octanol–water partition coefficient (Wildman–Crippen LogP) is 1.05. The van der Waals surface area contributed by atoms with Crippen LogP contribution >= 0.6 is 15.9 Å². The minimum absolute atomic E-state index is 0.0306. The number of likely N-dealkylation sites (N-methyl/N-ethyl adjacent to an activating group) is 1. The maximum absolute atomic E-state index is 11.7. The van der Waals surface area contributed by atoms with Gasteiger partial charge in [-0.05, 0) is 30.7 Å². The highest BCUT2D eigenvalue weighted by molar-refractivity contribution is 9.10. The molecule has 0 aliphatic carbocycles. The van der Waals surface area contributed by atoms with E-state index in [1.54, 1.807) is 0 Å². The van der Waals surface area contributed by atoms with Crippen molar-refractivity contribution in [3.8, 4) is 5.75 Å². The molecule has 2 atom stereocenters. The topological polar surface area (TPSA) is 40.0 Å². The molecule has 1 heterocycles. The van der Waals surface area contributed by atoms with E-state index in [2.05, 4.69) is 23.0 Å². The molecule has 104 valence electrons. The van der Waals surface area contributed by atoms with Gasteiger partial charge < -0.3 is 14.4 Å². The monoisotopic (exact) mass is 328 g/mol. The van der Waals surface area contributed by atoms with Gasteiger partial charge in [0, 0.05) is 10.9 Å². The van der Waals surface area contributed by atoms with Crippen LogP contribution in [0.15, 0.2) is 28.7 Å². The summed E-state index contributed by atoms with van der Waals surface area (Å²) in [6.07, 6.45) is 2.10. The van der Waals surface area contributed by atoms with Crippen molar-refractivity contribution in [2.45, 2.75) is 18.9 Å². The summed E-state index contributed by atoms with van der Waals surface area (Å²) in [5.41, 5.74) is 0. The molecule has 1 fully saturated rings. The van der Waals surface area contributed by atoms with Crippen molar-refractivity contribution in [3.63, 3.8) is 0 Å². The molecule has 2 rings (SSSR count). The van der Waals surface area contributed by atoms with Crippen molar-refractivity contribution in [3.05, 3.63) is 28.7 Å². The molecule has 1 unspecified atom stereocenters. The number of ether oxygens (including phenoxy) is 2. The van der Waals surface area contributed by atoms with Gasteiger partial charge in [-0.1, -0.05) is 15.9 Å². The molecule has 1 aliphatic rings. The molecule has 1 N–H and O–H groups in total. The zero-order valence-electron chi connectivity index (χ0n) is 11.0. The summed E-state index contributed by atoms with van der Waals surface area (Å²) in [5.74, 6) is 0.383. The number of rotatable bonds is 4. The number of hydrogen-bond donors (Lipinski definition) is 1. The maximum Gasteiger partial charge on any atom is 0.344 e. The Morgan fingerprint density at radius 3 is 2.84 bits per heavy atom. The van der Waals surface area contributed by atoms with Gasteiger partial charge in [0.2, 0.25) is 0 Å². The smallest absolute Gasteiger partial charge is 0.344 e.